The van der Waals surface area contributed by atoms with E-state index in [1.807, 2.05) is 22.6 Å². The number of ether oxygens (including phenoxy) is 2. The third kappa shape index (κ3) is 2.20. The monoisotopic (exact) mass is 282 g/mol. The molecule has 0 aliphatic carbocycles. The predicted octanol–water partition coefficient (Wildman–Crippen LogP) is 0.792. The van der Waals surface area contributed by atoms with Crippen LogP contribution in [0.1, 0.15) is 6.42 Å². The maximum Gasteiger partial charge on any atom is 0.348 e. The molecule has 1 rings (SSSR count). The molecule has 0 aromatic heterocycles. The Morgan fingerprint density at radius 3 is 2.92 bits per heavy atom. The van der Waals surface area contributed by atoms with Crippen molar-refractivity contribution in [2.24, 2.45) is 0 Å². The Morgan fingerprint density at radius 1 is 1.83 bits per heavy atom. The number of rotatable bonds is 2. The van der Waals surface area contributed by atoms with Gasteiger partial charge in [-0.1, -0.05) is 6.58 Å². The summed E-state index contributed by atoms with van der Waals surface area (Å²) in [7, 11) is 0. The van der Waals surface area contributed by atoms with E-state index in [1.165, 1.54) is 0 Å². The number of cyclic esters (lactones) is 1. The zero-order valence-corrected chi connectivity index (χ0v) is 8.31. The largest absolute Gasteiger partial charge is 0.449 e. The molecule has 12 heavy (non-hydrogen) atoms. The van der Waals surface area contributed by atoms with Crippen LogP contribution in [0.2, 0.25) is 0 Å². The summed E-state index contributed by atoms with van der Waals surface area (Å²) in [5, 5.41) is 0. The topological polar surface area (TPSA) is 52.6 Å². The van der Waals surface area contributed by atoms with E-state index in [0.717, 1.165) is 6.08 Å². The van der Waals surface area contributed by atoms with Gasteiger partial charge >= 0.3 is 11.9 Å². The van der Waals surface area contributed by atoms with E-state index in [4.69, 9.17) is 9.47 Å². The van der Waals surface area contributed by atoms with Crippen molar-refractivity contribution in [1.82, 2.24) is 0 Å². The van der Waals surface area contributed by atoms with Gasteiger partial charge in [0.25, 0.3) is 0 Å². The predicted molar refractivity (Wildman–Crippen MR) is 48.6 cm³/mol. The fourth-order valence-electron chi connectivity index (χ4n) is 0.799. The highest BCUT2D eigenvalue weighted by Gasteiger charge is 2.35. The van der Waals surface area contributed by atoms with Crippen molar-refractivity contribution in [1.29, 1.82) is 0 Å². The van der Waals surface area contributed by atoms with Crippen LogP contribution in [-0.2, 0) is 19.1 Å². The van der Waals surface area contributed by atoms with Crippen LogP contribution < -0.4 is 0 Å². The molecule has 1 aliphatic heterocycles. The second-order valence-corrected chi connectivity index (χ2v) is 3.60. The van der Waals surface area contributed by atoms with Gasteiger partial charge in [0.15, 0.2) is 4.11 Å². The standard InChI is InChI=1S/C7H7IO4/c1-2-6(9)11-4-3-5(8)12-7(4)10/h2,4-5H,1,3H2. The van der Waals surface area contributed by atoms with Crippen molar-refractivity contribution < 1.29 is 19.1 Å². The van der Waals surface area contributed by atoms with E-state index >= 15 is 0 Å². The highest BCUT2D eigenvalue weighted by Crippen LogP contribution is 2.22. The molecule has 0 saturated carbocycles. The zero-order valence-electron chi connectivity index (χ0n) is 6.16. The minimum Gasteiger partial charge on any atom is -0.449 e. The number of hydrogen-bond donors (Lipinski definition) is 0. The number of alkyl halides is 1. The summed E-state index contributed by atoms with van der Waals surface area (Å²) in [6, 6.07) is 0. The van der Waals surface area contributed by atoms with E-state index in [0.29, 0.717) is 6.42 Å². The summed E-state index contributed by atoms with van der Waals surface area (Å²) in [5.74, 6) is -1.08. The minimum absolute atomic E-state index is 0.197. The molecule has 0 spiro atoms. The average Bonchev–Trinajstić information content (AvgIpc) is 2.30. The summed E-state index contributed by atoms with van der Waals surface area (Å²) in [6.07, 6.45) is 0.685. The fraction of sp³-hybridized carbons (Fsp3) is 0.429. The Morgan fingerprint density at radius 2 is 2.50 bits per heavy atom. The molecule has 2 unspecified atom stereocenters. The van der Waals surface area contributed by atoms with Crippen LogP contribution in [0.25, 0.3) is 0 Å². The Hall–Kier alpha value is -0.590. The molecule has 1 aliphatic rings. The summed E-state index contributed by atoms with van der Waals surface area (Å²) in [5.41, 5.74) is 0. The van der Waals surface area contributed by atoms with E-state index in [2.05, 4.69) is 6.58 Å². The summed E-state index contributed by atoms with van der Waals surface area (Å²) >= 11 is 1.96. The highest BCUT2D eigenvalue weighted by molar-refractivity contribution is 14.1. The first kappa shape index (κ1) is 9.50. The van der Waals surface area contributed by atoms with Crippen LogP contribution in [0.3, 0.4) is 0 Å². The molecule has 0 N–H and O–H groups in total. The van der Waals surface area contributed by atoms with Crippen molar-refractivity contribution >= 4 is 34.5 Å². The van der Waals surface area contributed by atoms with Crippen LogP contribution in [0.5, 0.6) is 0 Å². The maximum atomic E-state index is 10.9. The number of hydrogen-bond acceptors (Lipinski definition) is 4. The first-order valence-corrected chi connectivity index (χ1v) is 4.55. The summed E-state index contributed by atoms with van der Waals surface area (Å²) in [6.45, 7) is 3.22. The second kappa shape index (κ2) is 3.88. The van der Waals surface area contributed by atoms with Gasteiger partial charge in [0.2, 0.25) is 6.10 Å². The lowest BCUT2D eigenvalue weighted by Crippen LogP contribution is -2.21. The van der Waals surface area contributed by atoms with Crippen molar-refractivity contribution in [3.05, 3.63) is 12.7 Å². The van der Waals surface area contributed by atoms with Gasteiger partial charge in [0.1, 0.15) is 0 Å². The van der Waals surface area contributed by atoms with Crippen LogP contribution in [-0.4, -0.2) is 22.2 Å². The molecule has 0 radical (unpaired) electrons. The highest BCUT2D eigenvalue weighted by atomic mass is 127. The molecule has 0 bridgehead atoms. The van der Waals surface area contributed by atoms with E-state index < -0.39 is 18.0 Å². The van der Waals surface area contributed by atoms with E-state index in [1.54, 1.807) is 0 Å². The fourth-order valence-corrected chi connectivity index (χ4v) is 1.51. The van der Waals surface area contributed by atoms with E-state index in [-0.39, 0.29) is 4.11 Å². The number of esters is 2. The third-order valence-corrected chi connectivity index (χ3v) is 2.09. The van der Waals surface area contributed by atoms with Gasteiger partial charge in [-0.15, -0.1) is 0 Å². The van der Waals surface area contributed by atoms with Gasteiger partial charge in [0.05, 0.1) is 0 Å². The lowest BCUT2D eigenvalue weighted by Gasteiger charge is -2.03. The molecule has 1 heterocycles. The van der Waals surface area contributed by atoms with Gasteiger partial charge in [-0.05, 0) is 22.6 Å². The number of carbonyl (C=O) groups excluding carboxylic acids is 2. The Kier molecular flexibility index (Phi) is 3.07. The molecule has 0 amide bonds. The summed E-state index contributed by atoms with van der Waals surface area (Å²) < 4.78 is 9.27. The van der Waals surface area contributed by atoms with Crippen LogP contribution >= 0.6 is 22.6 Å². The quantitative estimate of drug-likeness (QED) is 0.325. The van der Waals surface area contributed by atoms with Crippen LogP contribution in [0, 0.1) is 0 Å². The zero-order chi connectivity index (χ0) is 9.14. The first-order valence-electron chi connectivity index (χ1n) is 3.31. The second-order valence-electron chi connectivity index (χ2n) is 2.21. The molecule has 0 aromatic carbocycles. The molecular weight excluding hydrogens is 275 g/mol. The Balaban J connectivity index is 2.48. The lowest BCUT2D eigenvalue weighted by molar-refractivity contribution is -0.157. The van der Waals surface area contributed by atoms with Gasteiger partial charge < -0.3 is 9.47 Å². The molecule has 1 saturated heterocycles. The van der Waals surface area contributed by atoms with Crippen LogP contribution in [0.4, 0.5) is 0 Å². The van der Waals surface area contributed by atoms with Crippen molar-refractivity contribution in [3.63, 3.8) is 0 Å². The Bertz CT molecular complexity index is 225. The summed E-state index contributed by atoms with van der Waals surface area (Å²) in [4.78, 5) is 21.6. The molecule has 5 heteroatoms. The normalized spacial score (nSPS) is 27.9. The smallest absolute Gasteiger partial charge is 0.348 e. The Labute approximate surface area is 83.0 Å². The van der Waals surface area contributed by atoms with E-state index in [9.17, 15) is 9.59 Å². The van der Waals surface area contributed by atoms with Gasteiger partial charge in [0, 0.05) is 12.5 Å². The van der Waals surface area contributed by atoms with Crippen molar-refractivity contribution in [2.45, 2.75) is 16.6 Å². The lowest BCUT2D eigenvalue weighted by atomic mass is 10.3. The number of halogens is 1. The molecule has 2 atom stereocenters. The van der Waals surface area contributed by atoms with Gasteiger partial charge in [-0.2, -0.15) is 0 Å². The number of carbonyl (C=O) groups is 2. The average molecular weight is 282 g/mol. The van der Waals surface area contributed by atoms with Gasteiger partial charge in [-0.3, -0.25) is 0 Å². The molecule has 0 aromatic rings. The molecular formula is C7H7IO4. The first-order chi connectivity index (χ1) is 5.63. The van der Waals surface area contributed by atoms with Crippen molar-refractivity contribution in [2.75, 3.05) is 0 Å². The third-order valence-electron chi connectivity index (χ3n) is 1.33. The molecule has 66 valence electrons. The van der Waals surface area contributed by atoms with Crippen molar-refractivity contribution in [3.8, 4) is 0 Å². The maximum absolute atomic E-state index is 10.9. The van der Waals surface area contributed by atoms with Gasteiger partial charge in [-0.25, -0.2) is 9.59 Å². The minimum atomic E-state index is -0.752. The molecule has 4 nitrogen and oxygen atoms in total. The molecule has 1 fully saturated rings. The van der Waals surface area contributed by atoms with Crippen LogP contribution in [0.15, 0.2) is 12.7 Å². The SMILES string of the molecule is C=CC(=O)OC1CC(I)OC1=O.